The van der Waals surface area contributed by atoms with E-state index in [9.17, 15) is 4.79 Å². The van der Waals surface area contributed by atoms with Gasteiger partial charge in [-0.3, -0.25) is 4.79 Å². The van der Waals surface area contributed by atoms with E-state index in [0.717, 1.165) is 25.6 Å². The van der Waals surface area contributed by atoms with Crippen LogP contribution in [-0.2, 0) is 11.4 Å². The first-order valence-corrected chi connectivity index (χ1v) is 12.5. The maximum atomic E-state index is 12.1. The van der Waals surface area contributed by atoms with Gasteiger partial charge in [0.15, 0.2) is 5.58 Å². The van der Waals surface area contributed by atoms with E-state index in [1.807, 2.05) is 48.5 Å². The number of fused-ring (bicyclic) bond motifs is 1. The summed E-state index contributed by atoms with van der Waals surface area (Å²) in [7, 11) is 0. The number of ether oxygens (including phenoxy) is 1. The zero-order chi connectivity index (χ0) is 23.2. The molecule has 9 heteroatoms. The number of oxazole rings is 1. The number of nitrogens with one attached hydrogen (secondary N) is 1. The Kier molecular flexibility index (Phi) is 7.85. The Morgan fingerprint density at radius 2 is 1.94 bits per heavy atom. The largest absolute Gasteiger partial charge is 0.487 e. The Morgan fingerprint density at radius 1 is 1.15 bits per heavy atom. The number of aryl methyl sites for hydroxylation is 1. The summed E-state index contributed by atoms with van der Waals surface area (Å²) in [5.41, 5.74) is 7.06. The molecule has 1 N–H and O–H groups in total. The van der Waals surface area contributed by atoms with Gasteiger partial charge in [0, 0.05) is 0 Å². The lowest BCUT2D eigenvalue weighted by Gasteiger charge is -2.11. The van der Waals surface area contributed by atoms with Gasteiger partial charge in [0.1, 0.15) is 17.9 Å². The van der Waals surface area contributed by atoms with Gasteiger partial charge in [-0.05, 0) is 74.2 Å². The molecule has 0 unspecified atom stereocenters. The molecule has 3 aromatic carbocycles. The maximum Gasteiger partial charge on any atom is 0.257 e. The van der Waals surface area contributed by atoms with Crippen molar-refractivity contribution < 1.29 is 13.9 Å². The number of hydrogen-bond donors (Lipinski definition) is 1. The molecule has 0 fully saturated rings. The molecule has 0 radical (unpaired) electrons. The average molecular weight is 589 g/mol. The normalized spacial score (nSPS) is 11.2. The summed E-state index contributed by atoms with van der Waals surface area (Å²) in [6, 6.07) is 19.4. The Balaban J connectivity index is 1.30. The minimum Gasteiger partial charge on any atom is -0.487 e. The SMILES string of the molecule is Cc1cccc(COc2c(Br)cc(/C=N\NC(=O)CSc3nc4ccccc4o3)cc2Br)c1. The van der Waals surface area contributed by atoms with Gasteiger partial charge in [0.05, 0.1) is 20.9 Å². The van der Waals surface area contributed by atoms with Crippen molar-refractivity contribution in [2.75, 3.05) is 5.75 Å². The van der Waals surface area contributed by atoms with Crippen LogP contribution in [0.25, 0.3) is 11.1 Å². The standard InChI is InChI=1S/C24H19Br2N3O3S/c1-15-5-4-6-16(9-15)13-31-23-18(25)10-17(11-19(23)26)12-27-29-22(30)14-33-24-28-20-7-2-3-8-21(20)32-24/h2-12H,13-14H2,1H3,(H,29,30)/b27-12-. The molecule has 168 valence electrons. The zero-order valence-electron chi connectivity index (χ0n) is 17.5. The summed E-state index contributed by atoms with van der Waals surface area (Å²) in [6.07, 6.45) is 1.57. The van der Waals surface area contributed by atoms with Crippen molar-refractivity contribution in [3.8, 4) is 5.75 Å². The first-order chi connectivity index (χ1) is 16.0. The number of amides is 1. The number of para-hydroxylation sites is 2. The average Bonchev–Trinajstić information content (AvgIpc) is 3.20. The zero-order valence-corrected chi connectivity index (χ0v) is 21.5. The number of halogens is 2. The van der Waals surface area contributed by atoms with E-state index in [0.29, 0.717) is 23.2 Å². The van der Waals surface area contributed by atoms with Gasteiger partial charge in [-0.15, -0.1) is 0 Å². The molecule has 33 heavy (non-hydrogen) atoms. The molecular weight excluding hydrogens is 570 g/mol. The number of hydrazone groups is 1. The minimum atomic E-state index is -0.255. The molecule has 4 aromatic rings. The number of aromatic nitrogens is 1. The summed E-state index contributed by atoms with van der Waals surface area (Å²) in [4.78, 5) is 16.4. The fraction of sp³-hybridized carbons (Fsp3) is 0.125. The number of rotatable bonds is 8. The van der Waals surface area contributed by atoms with E-state index < -0.39 is 0 Å². The van der Waals surface area contributed by atoms with E-state index in [2.05, 4.69) is 66.4 Å². The third-order valence-electron chi connectivity index (χ3n) is 4.49. The van der Waals surface area contributed by atoms with Crippen LogP contribution < -0.4 is 10.2 Å². The second-order valence-corrected chi connectivity index (χ2v) is 9.76. The number of nitrogens with zero attached hydrogens (tertiary/aromatic N) is 2. The number of benzene rings is 3. The van der Waals surface area contributed by atoms with Crippen molar-refractivity contribution in [2.45, 2.75) is 18.8 Å². The molecule has 1 heterocycles. The Labute approximate surface area is 212 Å². The highest BCUT2D eigenvalue weighted by Gasteiger charge is 2.10. The highest BCUT2D eigenvalue weighted by atomic mass is 79.9. The fourth-order valence-electron chi connectivity index (χ4n) is 3.00. The lowest BCUT2D eigenvalue weighted by Crippen LogP contribution is -2.19. The highest BCUT2D eigenvalue weighted by Crippen LogP contribution is 2.35. The molecule has 4 rings (SSSR count). The van der Waals surface area contributed by atoms with Crippen LogP contribution in [0, 0.1) is 6.92 Å². The lowest BCUT2D eigenvalue weighted by molar-refractivity contribution is -0.118. The summed E-state index contributed by atoms with van der Waals surface area (Å²) in [5.74, 6) is 0.589. The molecular formula is C24H19Br2N3O3S. The fourth-order valence-corrected chi connectivity index (χ4v) is 5.08. The Hall–Kier alpha value is -2.62. The van der Waals surface area contributed by atoms with E-state index >= 15 is 0 Å². The molecule has 0 aliphatic carbocycles. The molecule has 0 spiro atoms. The Morgan fingerprint density at radius 3 is 2.70 bits per heavy atom. The quantitative estimate of drug-likeness (QED) is 0.145. The topological polar surface area (TPSA) is 76.7 Å². The molecule has 0 aliphatic rings. The molecule has 0 saturated carbocycles. The van der Waals surface area contributed by atoms with Crippen LogP contribution in [-0.4, -0.2) is 22.9 Å². The van der Waals surface area contributed by atoms with Crippen molar-refractivity contribution in [1.29, 1.82) is 0 Å². The van der Waals surface area contributed by atoms with E-state index in [1.54, 1.807) is 6.21 Å². The summed E-state index contributed by atoms with van der Waals surface area (Å²) in [5, 5.41) is 4.49. The monoisotopic (exact) mass is 587 g/mol. The molecule has 0 aliphatic heterocycles. The molecule has 6 nitrogen and oxygen atoms in total. The summed E-state index contributed by atoms with van der Waals surface area (Å²) < 4.78 is 13.1. The lowest BCUT2D eigenvalue weighted by atomic mass is 10.1. The second-order valence-electron chi connectivity index (χ2n) is 7.12. The van der Waals surface area contributed by atoms with Gasteiger partial charge in [0.2, 0.25) is 0 Å². The smallest absolute Gasteiger partial charge is 0.257 e. The first kappa shape index (κ1) is 23.5. The van der Waals surface area contributed by atoms with Crippen LogP contribution >= 0.6 is 43.6 Å². The van der Waals surface area contributed by atoms with E-state index in [4.69, 9.17) is 9.15 Å². The van der Waals surface area contributed by atoms with E-state index in [-0.39, 0.29) is 11.7 Å². The van der Waals surface area contributed by atoms with Crippen LogP contribution in [0.4, 0.5) is 0 Å². The number of carbonyl (C=O) groups excluding carboxylic acids is 1. The van der Waals surface area contributed by atoms with Crippen LogP contribution in [0.1, 0.15) is 16.7 Å². The van der Waals surface area contributed by atoms with Gasteiger partial charge in [-0.25, -0.2) is 10.4 Å². The minimum absolute atomic E-state index is 0.142. The summed E-state index contributed by atoms with van der Waals surface area (Å²) in [6.45, 7) is 2.51. The van der Waals surface area contributed by atoms with Crippen LogP contribution in [0.2, 0.25) is 0 Å². The predicted molar refractivity (Wildman–Crippen MR) is 138 cm³/mol. The number of carbonyl (C=O) groups is 1. The van der Waals surface area contributed by atoms with Crippen molar-refractivity contribution in [2.24, 2.45) is 5.10 Å². The van der Waals surface area contributed by atoms with Gasteiger partial charge in [-0.1, -0.05) is 53.7 Å². The third-order valence-corrected chi connectivity index (χ3v) is 6.50. The van der Waals surface area contributed by atoms with Crippen molar-refractivity contribution in [3.63, 3.8) is 0 Å². The van der Waals surface area contributed by atoms with Crippen molar-refractivity contribution >= 4 is 66.8 Å². The maximum absolute atomic E-state index is 12.1. The van der Waals surface area contributed by atoms with Gasteiger partial charge in [0.25, 0.3) is 11.1 Å². The summed E-state index contributed by atoms with van der Waals surface area (Å²) >= 11 is 8.31. The molecule has 1 aromatic heterocycles. The molecule has 0 saturated heterocycles. The van der Waals surface area contributed by atoms with Gasteiger partial charge in [-0.2, -0.15) is 5.10 Å². The first-order valence-electron chi connectivity index (χ1n) is 9.95. The molecule has 0 bridgehead atoms. The van der Waals surface area contributed by atoms with Crippen LogP contribution in [0.3, 0.4) is 0 Å². The number of hydrogen-bond acceptors (Lipinski definition) is 6. The van der Waals surface area contributed by atoms with Gasteiger partial charge >= 0.3 is 0 Å². The third kappa shape index (κ3) is 6.46. The van der Waals surface area contributed by atoms with Gasteiger partial charge < -0.3 is 9.15 Å². The van der Waals surface area contributed by atoms with Crippen LogP contribution in [0.15, 0.2) is 84.4 Å². The van der Waals surface area contributed by atoms with Crippen molar-refractivity contribution in [3.05, 3.63) is 86.3 Å². The van der Waals surface area contributed by atoms with E-state index in [1.165, 1.54) is 17.3 Å². The van der Waals surface area contributed by atoms with Crippen LogP contribution in [0.5, 0.6) is 5.75 Å². The predicted octanol–water partition coefficient (Wildman–Crippen LogP) is 6.48. The highest BCUT2D eigenvalue weighted by molar-refractivity contribution is 9.11. The number of thioether (sulfide) groups is 1. The Bertz CT molecular complexity index is 1270. The second kappa shape index (κ2) is 11.0. The molecule has 0 atom stereocenters. The molecule has 1 amide bonds. The van der Waals surface area contributed by atoms with Crippen molar-refractivity contribution in [1.82, 2.24) is 10.4 Å².